The Labute approximate surface area is 132 Å². The molecule has 0 saturated carbocycles. The van der Waals surface area contributed by atoms with Crippen LogP contribution in [0.25, 0.3) is 5.57 Å². The van der Waals surface area contributed by atoms with Gasteiger partial charge in [-0.15, -0.1) is 0 Å². The molecule has 8 heteroatoms. The number of carbonyl (C=O) groups excluding carboxylic acids is 1. The Kier molecular flexibility index (Phi) is 5.94. The van der Waals surface area contributed by atoms with Crippen molar-refractivity contribution in [2.24, 2.45) is 0 Å². The van der Waals surface area contributed by atoms with Crippen molar-refractivity contribution in [1.29, 1.82) is 0 Å². The second kappa shape index (κ2) is 7.48. The topological polar surface area (TPSA) is 126 Å². The molecule has 0 aliphatic rings. The van der Waals surface area contributed by atoms with E-state index in [0.29, 0.717) is 18.4 Å². The normalized spacial score (nSPS) is 10.2. The first-order chi connectivity index (χ1) is 10.7. The van der Waals surface area contributed by atoms with E-state index in [1.54, 1.807) is 0 Å². The molecule has 0 aliphatic heterocycles. The lowest BCUT2D eigenvalue weighted by molar-refractivity contribution is -0.394. The molecule has 23 heavy (non-hydrogen) atoms. The highest BCUT2D eigenvalue weighted by molar-refractivity contribution is 6.17. The van der Waals surface area contributed by atoms with Crippen LogP contribution < -0.4 is 5.11 Å². The summed E-state index contributed by atoms with van der Waals surface area (Å²) in [6.07, 6.45) is 1.68. The van der Waals surface area contributed by atoms with Crippen molar-refractivity contribution in [1.82, 2.24) is 0 Å². The average Bonchev–Trinajstić information content (AvgIpc) is 2.44. The third-order valence-corrected chi connectivity index (χ3v) is 3.35. The molecule has 0 fully saturated rings. The van der Waals surface area contributed by atoms with Gasteiger partial charge in [-0.25, -0.2) is 0 Å². The Bertz CT molecular complexity index is 689. The molecule has 1 aromatic carbocycles. The van der Waals surface area contributed by atoms with E-state index in [1.165, 1.54) is 19.9 Å². The minimum atomic E-state index is -1.54. The Morgan fingerprint density at radius 3 is 2.13 bits per heavy atom. The van der Waals surface area contributed by atoms with Gasteiger partial charge < -0.3 is 9.90 Å². The molecule has 0 atom stereocenters. The number of benzene rings is 1. The van der Waals surface area contributed by atoms with E-state index in [-0.39, 0.29) is 16.7 Å². The summed E-state index contributed by atoms with van der Waals surface area (Å²) in [6, 6.07) is 1.99. The van der Waals surface area contributed by atoms with Crippen molar-refractivity contribution >= 4 is 22.9 Å². The van der Waals surface area contributed by atoms with Crippen LogP contribution in [0.5, 0.6) is 0 Å². The number of hydrogen-bond acceptors (Lipinski definition) is 6. The zero-order valence-corrected chi connectivity index (χ0v) is 13.1. The maximum atomic E-state index is 11.4. The predicted molar refractivity (Wildman–Crippen MR) is 81.6 cm³/mol. The number of rotatable bonds is 7. The number of nitro benzene ring substituents is 2. The van der Waals surface area contributed by atoms with Crippen molar-refractivity contribution < 1.29 is 19.7 Å². The maximum Gasteiger partial charge on any atom is 0.284 e. The largest absolute Gasteiger partial charge is 0.545 e. The van der Waals surface area contributed by atoms with Crippen LogP contribution in [0.1, 0.15) is 44.7 Å². The second-order valence-corrected chi connectivity index (χ2v) is 5.28. The van der Waals surface area contributed by atoms with E-state index in [4.69, 9.17) is 0 Å². The highest BCUT2D eigenvalue weighted by atomic mass is 16.6. The number of nitrogens with zero attached hydrogens (tertiary/aromatic N) is 2. The molecule has 0 saturated heterocycles. The van der Waals surface area contributed by atoms with Gasteiger partial charge in [0.25, 0.3) is 11.4 Å². The molecule has 0 amide bonds. The van der Waals surface area contributed by atoms with E-state index in [2.05, 4.69) is 0 Å². The van der Waals surface area contributed by atoms with Gasteiger partial charge in [0.1, 0.15) is 0 Å². The van der Waals surface area contributed by atoms with Crippen LogP contribution >= 0.6 is 0 Å². The number of allylic oxidation sites excluding steroid dienone is 1. The van der Waals surface area contributed by atoms with Crippen LogP contribution in [-0.4, -0.2) is 15.8 Å². The highest BCUT2D eigenvalue weighted by Gasteiger charge is 2.27. The van der Waals surface area contributed by atoms with Gasteiger partial charge in [-0.2, -0.15) is 0 Å². The van der Waals surface area contributed by atoms with E-state index in [1.807, 2.05) is 6.92 Å². The van der Waals surface area contributed by atoms with Gasteiger partial charge in [-0.05, 0) is 32.3 Å². The Morgan fingerprint density at radius 2 is 1.74 bits per heavy atom. The van der Waals surface area contributed by atoms with Crippen LogP contribution in [0, 0.1) is 20.2 Å². The first-order valence-corrected chi connectivity index (χ1v) is 7.05. The fraction of sp³-hybridized carbons (Fsp3) is 0.400. The number of carbonyl (C=O) groups is 1. The van der Waals surface area contributed by atoms with Gasteiger partial charge in [0.05, 0.1) is 27.4 Å². The van der Waals surface area contributed by atoms with E-state index in [0.717, 1.165) is 12.5 Å². The van der Waals surface area contributed by atoms with Crippen LogP contribution in [-0.2, 0) is 11.2 Å². The molecule has 0 spiro atoms. The molecule has 0 aromatic heterocycles. The number of unbranched alkanes of at least 4 members (excludes halogenated alkanes) is 1. The van der Waals surface area contributed by atoms with E-state index >= 15 is 0 Å². The molecule has 1 aromatic rings. The number of carboxylic acid groups (broad SMARTS) is 1. The van der Waals surface area contributed by atoms with Crippen molar-refractivity contribution in [2.75, 3.05) is 0 Å². The molecule has 0 bridgehead atoms. The van der Waals surface area contributed by atoms with Gasteiger partial charge in [0, 0.05) is 11.6 Å². The number of carboxylic acids is 1. The summed E-state index contributed by atoms with van der Waals surface area (Å²) in [6.45, 7) is 4.89. The molecule has 124 valence electrons. The van der Waals surface area contributed by atoms with Crippen molar-refractivity contribution in [3.05, 3.63) is 49.1 Å². The minimum absolute atomic E-state index is 0.103. The second-order valence-electron chi connectivity index (χ2n) is 5.28. The zero-order valence-electron chi connectivity index (χ0n) is 13.1. The van der Waals surface area contributed by atoms with Crippen LogP contribution in [0.3, 0.4) is 0 Å². The lowest BCUT2D eigenvalue weighted by atomic mass is 9.91. The third-order valence-electron chi connectivity index (χ3n) is 3.35. The fourth-order valence-corrected chi connectivity index (χ4v) is 2.33. The highest BCUT2D eigenvalue weighted by Crippen LogP contribution is 2.36. The molecule has 0 radical (unpaired) electrons. The van der Waals surface area contributed by atoms with Gasteiger partial charge >= 0.3 is 0 Å². The quantitative estimate of drug-likeness (QED) is 0.431. The summed E-state index contributed by atoms with van der Waals surface area (Å²) in [4.78, 5) is 32.2. The van der Waals surface area contributed by atoms with Crippen LogP contribution in [0.15, 0.2) is 17.7 Å². The smallest absolute Gasteiger partial charge is 0.284 e. The Morgan fingerprint density at radius 1 is 1.13 bits per heavy atom. The first kappa shape index (κ1) is 18.3. The number of nitro groups is 2. The molecule has 8 nitrogen and oxygen atoms in total. The standard InChI is InChI=1S/C15H18N2O6/c1-4-5-6-10-7-11(16(20)21)8-12(17(22)23)14(10)13(9(2)3)15(18)19/h7-8H,4-6H2,1-3H3,(H,18,19)/p-1. The number of aliphatic carboxylic acids is 1. The van der Waals surface area contributed by atoms with E-state index in [9.17, 15) is 30.1 Å². The molecule has 0 unspecified atom stereocenters. The van der Waals surface area contributed by atoms with Crippen molar-refractivity contribution in [3.63, 3.8) is 0 Å². The average molecular weight is 321 g/mol. The Hall–Kier alpha value is -2.77. The summed E-state index contributed by atoms with van der Waals surface area (Å²) in [5, 5.41) is 33.7. The maximum absolute atomic E-state index is 11.4. The van der Waals surface area contributed by atoms with Gasteiger partial charge in [-0.3, -0.25) is 20.2 Å². The summed E-state index contributed by atoms with van der Waals surface area (Å²) in [7, 11) is 0. The minimum Gasteiger partial charge on any atom is -0.545 e. The summed E-state index contributed by atoms with van der Waals surface area (Å²) < 4.78 is 0. The number of aryl methyl sites for hydroxylation is 1. The number of non-ortho nitro benzene ring substituents is 1. The van der Waals surface area contributed by atoms with Gasteiger partial charge in [-0.1, -0.05) is 18.9 Å². The molecule has 1 rings (SSSR count). The molecular formula is C15H17N2O6-. The molecule has 0 heterocycles. The molecule has 0 N–H and O–H groups in total. The summed E-state index contributed by atoms with van der Waals surface area (Å²) in [5.41, 5.74) is -0.816. The first-order valence-electron chi connectivity index (χ1n) is 7.05. The van der Waals surface area contributed by atoms with Crippen molar-refractivity contribution in [3.8, 4) is 0 Å². The SMILES string of the molecule is CCCCc1cc([N+](=O)[O-])cc([N+](=O)[O-])c1C(C(=O)[O-])=C(C)C. The van der Waals surface area contributed by atoms with Crippen molar-refractivity contribution in [2.45, 2.75) is 40.0 Å². The summed E-state index contributed by atoms with van der Waals surface area (Å²) in [5.74, 6) is -1.54. The fourth-order valence-electron chi connectivity index (χ4n) is 2.33. The van der Waals surface area contributed by atoms with Gasteiger partial charge in [0.15, 0.2) is 0 Å². The van der Waals surface area contributed by atoms with E-state index < -0.39 is 27.2 Å². The molecular weight excluding hydrogens is 304 g/mol. The van der Waals surface area contributed by atoms with Crippen LogP contribution in [0.4, 0.5) is 11.4 Å². The van der Waals surface area contributed by atoms with Gasteiger partial charge in [0.2, 0.25) is 0 Å². The lowest BCUT2D eigenvalue weighted by Crippen LogP contribution is -2.25. The lowest BCUT2D eigenvalue weighted by Gasteiger charge is -2.16. The zero-order chi connectivity index (χ0) is 17.7. The molecule has 0 aliphatic carbocycles. The number of hydrogen-bond donors (Lipinski definition) is 0. The third kappa shape index (κ3) is 4.12. The summed E-state index contributed by atoms with van der Waals surface area (Å²) >= 11 is 0. The monoisotopic (exact) mass is 321 g/mol. The Balaban J connectivity index is 3.82. The predicted octanol–water partition coefficient (Wildman–Crippen LogP) is 2.39. The van der Waals surface area contributed by atoms with Crippen LogP contribution in [0.2, 0.25) is 0 Å².